The highest BCUT2D eigenvalue weighted by Gasteiger charge is 2.02. The molecule has 1 rings (SSSR count). The summed E-state index contributed by atoms with van der Waals surface area (Å²) in [5, 5.41) is 1.83. The number of aryl methyl sites for hydroxylation is 1. The predicted molar refractivity (Wildman–Crippen MR) is 64.7 cm³/mol. The zero-order valence-corrected chi connectivity index (χ0v) is 10.6. The van der Waals surface area contributed by atoms with Crippen LogP contribution in [0, 0.1) is 0 Å². The van der Waals surface area contributed by atoms with E-state index in [0.29, 0.717) is 0 Å². The summed E-state index contributed by atoms with van der Waals surface area (Å²) < 4.78 is 5.26. The Bertz CT molecular complexity index is 289. The number of halogens is 2. The number of methoxy groups -OCH3 is 1. The molecule has 0 aliphatic heterocycles. The molecule has 0 spiro atoms. The molecule has 0 radical (unpaired) electrons. The second kappa shape index (κ2) is 6.31. The van der Waals surface area contributed by atoms with Gasteiger partial charge in [0.25, 0.3) is 0 Å². The minimum atomic E-state index is 0.777. The van der Waals surface area contributed by atoms with Crippen molar-refractivity contribution < 1.29 is 4.74 Å². The molecule has 1 nitrogen and oxygen atoms in total. The molecule has 0 unspecified atom stereocenters. The van der Waals surface area contributed by atoms with Crippen molar-refractivity contribution in [2.75, 3.05) is 12.4 Å². The Balaban J connectivity index is 2.67. The van der Waals surface area contributed by atoms with Crippen molar-refractivity contribution in [1.29, 1.82) is 0 Å². The van der Waals surface area contributed by atoms with Crippen LogP contribution in [0.4, 0.5) is 0 Å². The molecule has 0 aliphatic carbocycles. The second-order valence-electron chi connectivity index (χ2n) is 3.10. The monoisotopic (exact) mass is 276 g/mol. The average molecular weight is 278 g/mol. The van der Waals surface area contributed by atoms with Crippen LogP contribution in [-0.2, 0) is 6.42 Å². The van der Waals surface area contributed by atoms with Crippen LogP contribution >= 0.6 is 27.5 Å². The van der Waals surface area contributed by atoms with Crippen molar-refractivity contribution in [3.63, 3.8) is 0 Å². The Kier molecular flexibility index (Phi) is 5.34. The molecule has 0 N–H and O–H groups in total. The number of hydrogen-bond donors (Lipinski definition) is 0. The molecule has 78 valence electrons. The Labute approximate surface area is 98.5 Å². The minimum absolute atomic E-state index is 0.777. The predicted octanol–water partition coefficient (Wildman–Crippen LogP) is 4.07. The van der Waals surface area contributed by atoms with E-state index >= 15 is 0 Å². The number of hydrogen-bond acceptors (Lipinski definition) is 1. The molecule has 0 bridgehead atoms. The van der Waals surface area contributed by atoms with Gasteiger partial charge in [0.15, 0.2) is 0 Å². The molecule has 0 amide bonds. The van der Waals surface area contributed by atoms with E-state index in [2.05, 4.69) is 15.9 Å². The summed E-state index contributed by atoms with van der Waals surface area (Å²) in [6.07, 6.45) is 3.35. The number of benzene rings is 1. The summed E-state index contributed by atoms with van der Waals surface area (Å²) in [5.41, 5.74) is 1.20. The van der Waals surface area contributed by atoms with Crippen molar-refractivity contribution >= 4 is 27.5 Å². The van der Waals surface area contributed by atoms with Gasteiger partial charge in [-0.3, -0.25) is 0 Å². The normalized spacial score (nSPS) is 10.2. The van der Waals surface area contributed by atoms with Crippen LogP contribution in [0.25, 0.3) is 0 Å². The first-order valence-electron chi connectivity index (χ1n) is 4.66. The van der Waals surface area contributed by atoms with E-state index in [-0.39, 0.29) is 0 Å². The molecule has 1 aromatic carbocycles. The number of ether oxygens (including phenoxy) is 1. The van der Waals surface area contributed by atoms with E-state index in [1.165, 1.54) is 12.0 Å². The van der Waals surface area contributed by atoms with Gasteiger partial charge in [-0.2, -0.15) is 0 Å². The lowest BCUT2D eigenvalue weighted by Gasteiger charge is -2.08. The summed E-state index contributed by atoms with van der Waals surface area (Å²) in [4.78, 5) is 0. The highest BCUT2D eigenvalue weighted by Crippen LogP contribution is 2.24. The fraction of sp³-hybridized carbons (Fsp3) is 0.455. The molecule has 0 aromatic heterocycles. The Hall–Kier alpha value is -0.210. The van der Waals surface area contributed by atoms with Crippen LogP contribution in [0.1, 0.15) is 18.4 Å². The summed E-state index contributed by atoms with van der Waals surface area (Å²) in [7, 11) is 1.69. The molecular formula is C11H14BrClO. The third-order valence-electron chi connectivity index (χ3n) is 2.07. The lowest BCUT2D eigenvalue weighted by molar-refractivity contribution is 0.409. The van der Waals surface area contributed by atoms with E-state index < -0.39 is 0 Å². The fourth-order valence-electron chi connectivity index (χ4n) is 1.35. The quantitative estimate of drug-likeness (QED) is 0.582. The van der Waals surface area contributed by atoms with Gasteiger partial charge in [0.1, 0.15) is 5.75 Å². The van der Waals surface area contributed by atoms with E-state index in [0.717, 1.165) is 28.9 Å². The summed E-state index contributed by atoms with van der Waals surface area (Å²) >= 11 is 9.34. The molecule has 3 heteroatoms. The van der Waals surface area contributed by atoms with Crippen LogP contribution in [0.15, 0.2) is 18.2 Å². The highest BCUT2D eigenvalue weighted by atomic mass is 79.9. The molecule has 0 atom stereocenters. The molecule has 0 saturated heterocycles. The third-order valence-corrected chi connectivity index (χ3v) is 2.87. The average Bonchev–Trinajstić information content (AvgIpc) is 2.19. The molecular weight excluding hydrogens is 263 g/mol. The van der Waals surface area contributed by atoms with Crippen molar-refractivity contribution in [3.8, 4) is 5.75 Å². The molecule has 14 heavy (non-hydrogen) atoms. The Morgan fingerprint density at radius 1 is 1.36 bits per heavy atom. The van der Waals surface area contributed by atoms with E-state index in [4.69, 9.17) is 16.3 Å². The standard InChI is InChI=1S/C11H14BrClO/c1-14-11-6-5-10(13)8-9(11)4-2-3-7-12/h5-6,8H,2-4,7H2,1H3. The SMILES string of the molecule is COc1ccc(Cl)cc1CCCCBr. The van der Waals surface area contributed by atoms with Crippen molar-refractivity contribution in [3.05, 3.63) is 28.8 Å². The summed E-state index contributed by atoms with van der Waals surface area (Å²) in [6.45, 7) is 0. The van der Waals surface area contributed by atoms with E-state index in [1.54, 1.807) is 7.11 Å². The number of rotatable bonds is 5. The smallest absolute Gasteiger partial charge is 0.122 e. The Morgan fingerprint density at radius 2 is 2.14 bits per heavy atom. The van der Waals surface area contributed by atoms with Gasteiger partial charge in [-0.05, 0) is 43.0 Å². The van der Waals surface area contributed by atoms with Crippen LogP contribution in [0.2, 0.25) is 5.02 Å². The van der Waals surface area contributed by atoms with Crippen LogP contribution in [0.5, 0.6) is 5.75 Å². The van der Waals surface area contributed by atoms with Crippen molar-refractivity contribution in [2.45, 2.75) is 19.3 Å². The molecule has 0 aliphatic rings. The molecule has 0 saturated carbocycles. The first kappa shape index (κ1) is 11.9. The largest absolute Gasteiger partial charge is 0.496 e. The van der Waals surface area contributed by atoms with E-state index in [9.17, 15) is 0 Å². The van der Waals surface area contributed by atoms with Gasteiger partial charge in [0.2, 0.25) is 0 Å². The van der Waals surface area contributed by atoms with Gasteiger partial charge in [-0.15, -0.1) is 0 Å². The van der Waals surface area contributed by atoms with Gasteiger partial charge in [0, 0.05) is 10.4 Å². The maximum atomic E-state index is 5.92. The highest BCUT2D eigenvalue weighted by molar-refractivity contribution is 9.09. The lowest BCUT2D eigenvalue weighted by atomic mass is 10.1. The van der Waals surface area contributed by atoms with Gasteiger partial charge in [-0.1, -0.05) is 27.5 Å². The first-order chi connectivity index (χ1) is 6.77. The number of alkyl halides is 1. The second-order valence-corrected chi connectivity index (χ2v) is 4.33. The summed E-state index contributed by atoms with van der Waals surface area (Å²) in [6, 6.07) is 5.76. The third kappa shape index (κ3) is 3.50. The molecule has 0 heterocycles. The van der Waals surface area contributed by atoms with Gasteiger partial charge in [-0.25, -0.2) is 0 Å². The van der Waals surface area contributed by atoms with Crippen LogP contribution < -0.4 is 4.74 Å². The number of unbranched alkanes of at least 4 members (excludes halogenated alkanes) is 1. The van der Waals surface area contributed by atoms with Crippen LogP contribution in [0.3, 0.4) is 0 Å². The maximum absolute atomic E-state index is 5.92. The van der Waals surface area contributed by atoms with Crippen molar-refractivity contribution in [2.24, 2.45) is 0 Å². The Morgan fingerprint density at radius 3 is 2.79 bits per heavy atom. The van der Waals surface area contributed by atoms with Gasteiger partial charge in [0.05, 0.1) is 7.11 Å². The minimum Gasteiger partial charge on any atom is -0.496 e. The molecule has 1 aromatic rings. The topological polar surface area (TPSA) is 9.23 Å². The summed E-state index contributed by atoms with van der Waals surface area (Å²) in [5.74, 6) is 0.934. The lowest BCUT2D eigenvalue weighted by Crippen LogP contribution is -1.92. The zero-order valence-electron chi connectivity index (χ0n) is 8.22. The van der Waals surface area contributed by atoms with E-state index in [1.807, 2.05) is 18.2 Å². The van der Waals surface area contributed by atoms with Crippen LogP contribution in [-0.4, -0.2) is 12.4 Å². The molecule has 0 fully saturated rings. The van der Waals surface area contributed by atoms with Crippen molar-refractivity contribution in [1.82, 2.24) is 0 Å². The van der Waals surface area contributed by atoms with Gasteiger partial charge < -0.3 is 4.74 Å². The zero-order chi connectivity index (χ0) is 10.4. The maximum Gasteiger partial charge on any atom is 0.122 e. The van der Waals surface area contributed by atoms with Gasteiger partial charge >= 0.3 is 0 Å². The first-order valence-corrected chi connectivity index (χ1v) is 6.16. The fourth-order valence-corrected chi connectivity index (χ4v) is 1.94.